The van der Waals surface area contributed by atoms with Crippen molar-refractivity contribution in [2.24, 2.45) is 0 Å². The van der Waals surface area contributed by atoms with Gasteiger partial charge in [0.1, 0.15) is 5.82 Å². The minimum Gasteiger partial charge on any atom is -0.395 e. The lowest BCUT2D eigenvalue weighted by atomic mass is 9.86. The zero-order valence-corrected chi connectivity index (χ0v) is 9.33. The van der Waals surface area contributed by atoms with Gasteiger partial charge in [0.15, 0.2) is 0 Å². The van der Waals surface area contributed by atoms with Crippen LogP contribution in [0.3, 0.4) is 0 Å². The second-order valence-corrected chi connectivity index (χ2v) is 4.47. The summed E-state index contributed by atoms with van der Waals surface area (Å²) in [4.78, 5) is 13.6. The third-order valence-corrected chi connectivity index (χ3v) is 3.03. The van der Waals surface area contributed by atoms with Gasteiger partial charge < -0.3 is 10.0 Å². The van der Waals surface area contributed by atoms with E-state index in [-0.39, 0.29) is 24.9 Å². The van der Waals surface area contributed by atoms with Gasteiger partial charge in [-0.05, 0) is 37.6 Å². The van der Waals surface area contributed by atoms with Crippen molar-refractivity contribution in [3.8, 4) is 0 Å². The van der Waals surface area contributed by atoms with Gasteiger partial charge in [-0.1, -0.05) is 0 Å². The number of benzene rings is 1. The van der Waals surface area contributed by atoms with Crippen molar-refractivity contribution >= 4 is 11.6 Å². The molecular weight excluding hydrogens is 209 g/mol. The summed E-state index contributed by atoms with van der Waals surface area (Å²) in [7, 11) is 0. The van der Waals surface area contributed by atoms with Gasteiger partial charge in [0.2, 0.25) is 5.91 Å². The Bertz CT molecular complexity index is 443. The average molecular weight is 223 g/mol. The number of nitrogens with zero attached hydrogens (tertiary/aromatic N) is 1. The Hall–Kier alpha value is -1.42. The fraction of sp³-hybridized carbons (Fsp3) is 0.417. The SMILES string of the molecule is CC1(C)C(=O)N(CCO)c2ccc(F)cc21. The Labute approximate surface area is 93.5 Å². The van der Waals surface area contributed by atoms with Crippen LogP contribution in [0, 0.1) is 5.82 Å². The molecule has 1 aliphatic heterocycles. The van der Waals surface area contributed by atoms with Gasteiger partial charge in [-0.2, -0.15) is 0 Å². The quantitative estimate of drug-likeness (QED) is 0.824. The van der Waals surface area contributed by atoms with Crippen molar-refractivity contribution < 1.29 is 14.3 Å². The molecule has 1 aliphatic rings. The molecule has 1 aromatic rings. The van der Waals surface area contributed by atoms with Gasteiger partial charge in [-0.25, -0.2) is 4.39 Å². The van der Waals surface area contributed by atoms with Crippen LogP contribution in [-0.2, 0) is 10.2 Å². The van der Waals surface area contributed by atoms with Crippen molar-refractivity contribution in [2.75, 3.05) is 18.1 Å². The van der Waals surface area contributed by atoms with Crippen LogP contribution < -0.4 is 4.90 Å². The second kappa shape index (κ2) is 3.56. The summed E-state index contributed by atoms with van der Waals surface area (Å²) in [5, 5.41) is 8.93. The van der Waals surface area contributed by atoms with E-state index in [4.69, 9.17) is 5.11 Å². The number of β-amino-alcohol motifs (C(OH)–C–C–N with tert-alkyl or cyclic N) is 1. The van der Waals surface area contributed by atoms with Crippen molar-refractivity contribution in [3.05, 3.63) is 29.6 Å². The molecule has 3 nitrogen and oxygen atoms in total. The molecule has 1 amide bonds. The van der Waals surface area contributed by atoms with E-state index in [0.29, 0.717) is 11.3 Å². The lowest BCUT2D eigenvalue weighted by Gasteiger charge is -2.19. The van der Waals surface area contributed by atoms with E-state index in [2.05, 4.69) is 0 Å². The van der Waals surface area contributed by atoms with Crippen LogP contribution in [0.5, 0.6) is 0 Å². The number of rotatable bonds is 2. The van der Waals surface area contributed by atoms with Crippen molar-refractivity contribution in [3.63, 3.8) is 0 Å². The number of halogens is 1. The topological polar surface area (TPSA) is 40.5 Å². The highest BCUT2D eigenvalue weighted by atomic mass is 19.1. The Morgan fingerprint density at radius 1 is 1.44 bits per heavy atom. The van der Waals surface area contributed by atoms with E-state index in [1.165, 1.54) is 17.0 Å². The third kappa shape index (κ3) is 1.41. The lowest BCUT2D eigenvalue weighted by Crippen LogP contribution is -2.37. The van der Waals surface area contributed by atoms with Gasteiger partial charge in [-0.15, -0.1) is 0 Å². The maximum absolute atomic E-state index is 13.2. The summed E-state index contributed by atoms with van der Waals surface area (Å²) in [6, 6.07) is 4.31. The predicted molar refractivity (Wildman–Crippen MR) is 58.9 cm³/mol. The molecule has 0 aliphatic carbocycles. The number of amides is 1. The number of anilines is 1. The fourth-order valence-electron chi connectivity index (χ4n) is 2.13. The number of hydrogen-bond donors (Lipinski definition) is 1. The smallest absolute Gasteiger partial charge is 0.237 e. The van der Waals surface area contributed by atoms with E-state index in [9.17, 15) is 9.18 Å². The molecule has 1 N–H and O–H groups in total. The maximum atomic E-state index is 13.2. The Morgan fingerprint density at radius 2 is 2.12 bits per heavy atom. The predicted octanol–water partition coefficient (Wildman–Crippen LogP) is 1.44. The van der Waals surface area contributed by atoms with Crippen LogP contribution in [0.25, 0.3) is 0 Å². The Balaban J connectivity index is 2.55. The van der Waals surface area contributed by atoms with Crippen LogP contribution in [-0.4, -0.2) is 24.2 Å². The maximum Gasteiger partial charge on any atom is 0.237 e. The number of carbonyl (C=O) groups excluding carboxylic acids is 1. The molecule has 0 atom stereocenters. The third-order valence-electron chi connectivity index (χ3n) is 3.03. The Kier molecular flexibility index (Phi) is 2.46. The van der Waals surface area contributed by atoms with E-state index in [1.54, 1.807) is 19.9 Å². The number of aliphatic hydroxyl groups is 1. The minimum atomic E-state index is -0.716. The van der Waals surface area contributed by atoms with Crippen LogP contribution in [0.1, 0.15) is 19.4 Å². The van der Waals surface area contributed by atoms with Crippen LogP contribution in [0.2, 0.25) is 0 Å². The standard InChI is InChI=1S/C12H14FNO2/c1-12(2)9-7-8(13)3-4-10(9)14(5-6-15)11(12)16/h3-4,7,15H,5-6H2,1-2H3. The molecule has 0 fully saturated rings. The van der Waals surface area contributed by atoms with Crippen molar-refractivity contribution in [2.45, 2.75) is 19.3 Å². The highest BCUT2D eigenvalue weighted by Crippen LogP contribution is 2.41. The first-order chi connectivity index (χ1) is 7.48. The zero-order valence-electron chi connectivity index (χ0n) is 9.33. The van der Waals surface area contributed by atoms with Crippen LogP contribution in [0.15, 0.2) is 18.2 Å². The summed E-state index contributed by atoms with van der Waals surface area (Å²) >= 11 is 0. The van der Waals surface area contributed by atoms with Crippen molar-refractivity contribution in [1.29, 1.82) is 0 Å². The molecule has 1 heterocycles. The van der Waals surface area contributed by atoms with Crippen LogP contribution in [0.4, 0.5) is 10.1 Å². The zero-order chi connectivity index (χ0) is 11.9. The van der Waals surface area contributed by atoms with Crippen molar-refractivity contribution in [1.82, 2.24) is 0 Å². The molecule has 16 heavy (non-hydrogen) atoms. The first-order valence-electron chi connectivity index (χ1n) is 5.21. The fourth-order valence-corrected chi connectivity index (χ4v) is 2.13. The number of hydrogen-bond acceptors (Lipinski definition) is 2. The highest BCUT2D eigenvalue weighted by molar-refractivity contribution is 6.07. The lowest BCUT2D eigenvalue weighted by molar-refractivity contribution is -0.122. The van der Waals surface area contributed by atoms with Gasteiger partial charge in [0.25, 0.3) is 0 Å². The van der Waals surface area contributed by atoms with Gasteiger partial charge in [0.05, 0.1) is 12.0 Å². The molecule has 0 spiro atoms. The monoisotopic (exact) mass is 223 g/mol. The van der Waals surface area contributed by atoms with E-state index < -0.39 is 5.41 Å². The van der Waals surface area contributed by atoms with Crippen LogP contribution >= 0.6 is 0 Å². The van der Waals surface area contributed by atoms with Gasteiger partial charge >= 0.3 is 0 Å². The molecular formula is C12H14FNO2. The second-order valence-electron chi connectivity index (χ2n) is 4.47. The molecule has 1 aromatic carbocycles. The Morgan fingerprint density at radius 3 is 2.75 bits per heavy atom. The molecule has 0 aromatic heterocycles. The van der Waals surface area contributed by atoms with Gasteiger partial charge in [0, 0.05) is 12.2 Å². The molecule has 0 saturated carbocycles. The van der Waals surface area contributed by atoms with E-state index >= 15 is 0 Å². The van der Waals surface area contributed by atoms with E-state index in [0.717, 1.165) is 0 Å². The van der Waals surface area contributed by atoms with E-state index in [1.807, 2.05) is 0 Å². The highest BCUT2D eigenvalue weighted by Gasteiger charge is 2.43. The normalized spacial score (nSPS) is 17.8. The largest absolute Gasteiger partial charge is 0.395 e. The molecule has 0 bridgehead atoms. The molecule has 0 saturated heterocycles. The number of aliphatic hydroxyl groups excluding tert-OH is 1. The first-order valence-corrected chi connectivity index (χ1v) is 5.21. The molecule has 0 radical (unpaired) electrons. The first kappa shape index (κ1) is 11.1. The van der Waals surface area contributed by atoms with Gasteiger partial charge in [-0.3, -0.25) is 4.79 Å². The summed E-state index contributed by atoms with van der Waals surface area (Å²) in [6.07, 6.45) is 0. The number of carbonyl (C=O) groups is 1. The average Bonchev–Trinajstić information content (AvgIpc) is 2.41. The summed E-state index contributed by atoms with van der Waals surface area (Å²) in [5.41, 5.74) is 0.670. The number of fused-ring (bicyclic) bond motifs is 1. The summed E-state index contributed by atoms with van der Waals surface area (Å²) in [5.74, 6) is -0.437. The summed E-state index contributed by atoms with van der Waals surface area (Å²) < 4.78 is 13.2. The molecule has 0 unspecified atom stereocenters. The molecule has 86 valence electrons. The molecule has 2 rings (SSSR count). The molecule has 4 heteroatoms. The minimum absolute atomic E-state index is 0.0952. The summed E-state index contributed by atoms with van der Waals surface area (Å²) in [6.45, 7) is 3.69.